The molecule has 0 bridgehead atoms. The van der Waals surface area contributed by atoms with E-state index in [1.54, 1.807) is 0 Å². The molecule has 3 nitrogen and oxygen atoms in total. The lowest BCUT2D eigenvalue weighted by atomic mass is 9.94. The Morgan fingerprint density at radius 2 is 2.11 bits per heavy atom. The van der Waals surface area contributed by atoms with Gasteiger partial charge in [0.15, 0.2) is 0 Å². The van der Waals surface area contributed by atoms with Crippen LogP contribution in [0.4, 0.5) is 0 Å². The first-order valence-electron chi connectivity index (χ1n) is 6.67. The molecule has 1 heterocycles. The van der Waals surface area contributed by atoms with Crippen LogP contribution >= 0.6 is 12.4 Å². The molecule has 0 radical (unpaired) electrons. The van der Waals surface area contributed by atoms with Gasteiger partial charge in [0.05, 0.1) is 0 Å². The largest absolute Gasteiger partial charge is 0.348 e. The van der Waals surface area contributed by atoms with Crippen molar-refractivity contribution in [2.24, 2.45) is 5.92 Å². The van der Waals surface area contributed by atoms with Crippen LogP contribution in [0.15, 0.2) is 18.2 Å². The molecule has 1 amide bonds. The van der Waals surface area contributed by atoms with Gasteiger partial charge < -0.3 is 10.6 Å². The summed E-state index contributed by atoms with van der Waals surface area (Å²) in [4.78, 5) is 12.3. The molecule has 2 N–H and O–H groups in total. The van der Waals surface area contributed by atoms with Gasteiger partial charge in [-0.05, 0) is 44.4 Å². The highest BCUT2D eigenvalue weighted by molar-refractivity contribution is 5.95. The van der Waals surface area contributed by atoms with Crippen molar-refractivity contribution in [1.29, 1.82) is 0 Å². The fourth-order valence-electron chi connectivity index (χ4n) is 2.50. The third kappa shape index (κ3) is 3.95. The predicted molar refractivity (Wildman–Crippen MR) is 81.1 cm³/mol. The van der Waals surface area contributed by atoms with Crippen LogP contribution in [0.5, 0.6) is 0 Å². The minimum Gasteiger partial charge on any atom is -0.348 e. The number of hydrogen-bond acceptors (Lipinski definition) is 2. The first-order chi connectivity index (χ1) is 8.58. The van der Waals surface area contributed by atoms with Crippen molar-refractivity contribution in [2.45, 2.75) is 33.2 Å². The van der Waals surface area contributed by atoms with Crippen LogP contribution in [0.3, 0.4) is 0 Å². The summed E-state index contributed by atoms with van der Waals surface area (Å²) in [6.07, 6.45) is 1.12. The Labute approximate surface area is 121 Å². The topological polar surface area (TPSA) is 41.1 Å². The highest BCUT2D eigenvalue weighted by Gasteiger charge is 2.23. The van der Waals surface area contributed by atoms with Crippen molar-refractivity contribution in [3.05, 3.63) is 34.9 Å². The van der Waals surface area contributed by atoms with Gasteiger partial charge in [0, 0.05) is 18.2 Å². The van der Waals surface area contributed by atoms with E-state index in [1.165, 1.54) is 5.56 Å². The molecule has 2 rings (SSSR count). The van der Waals surface area contributed by atoms with Gasteiger partial charge in [-0.1, -0.05) is 24.6 Å². The molecule has 0 aliphatic carbocycles. The summed E-state index contributed by atoms with van der Waals surface area (Å²) in [7, 11) is 0. The van der Waals surface area contributed by atoms with Gasteiger partial charge in [0.2, 0.25) is 0 Å². The molecule has 1 aliphatic rings. The third-order valence-electron chi connectivity index (χ3n) is 3.77. The zero-order chi connectivity index (χ0) is 13.1. The van der Waals surface area contributed by atoms with Gasteiger partial charge in [-0.2, -0.15) is 0 Å². The van der Waals surface area contributed by atoms with Gasteiger partial charge in [-0.25, -0.2) is 0 Å². The predicted octanol–water partition coefficient (Wildman–Crippen LogP) is 2.45. The van der Waals surface area contributed by atoms with Gasteiger partial charge in [-0.15, -0.1) is 12.4 Å². The number of carbonyl (C=O) groups excluding carboxylic acids is 1. The molecule has 1 aliphatic heterocycles. The highest BCUT2D eigenvalue weighted by atomic mass is 35.5. The Bertz CT molecular complexity index is 448. The van der Waals surface area contributed by atoms with E-state index in [9.17, 15) is 4.79 Å². The van der Waals surface area contributed by atoms with E-state index in [-0.39, 0.29) is 24.4 Å². The number of benzene rings is 1. The number of amides is 1. The molecule has 4 heteroatoms. The van der Waals surface area contributed by atoms with Crippen molar-refractivity contribution in [1.82, 2.24) is 10.6 Å². The zero-order valence-corrected chi connectivity index (χ0v) is 12.6. The van der Waals surface area contributed by atoms with Crippen LogP contribution < -0.4 is 10.6 Å². The summed E-state index contributed by atoms with van der Waals surface area (Å²) in [5.41, 5.74) is 3.03. The summed E-state index contributed by atoms with van der Waals surface area (Å²) in [6.45, 7) is 8.16. The van der Waals surface area contributed by atoms with Crippen molar-refractivity contribution in [2.75, 3.05) is 13.1 Å². The second-order valence-electron chi connectivity index (χ2n) is 5.37. The molecule has 0 spiro atoms. The number of piperidine rings is 1. The number of rotatable bonds is 2. The maximum absolute atomic E-state index is 12.3. The lowest BCUT2D eigenvalue weighted by Gasteiger charge is -2.30. The van der Waals surface area contributed by atoms with Gasteiger partial charge >= 0.3 is 0 Å². The quantitative estimate of drug-likeness (QED) is 0.875. The molecule has 19 heavy (non-hydrogen) atoms. The van der Waals surface area contributed by atoms with Crippen LogP contribution in [0.1, 0.15) is 34.8 Å². The van der Waals surface area contributed by atoms with Crippen LogP contribution in [0.2, 0.25) is 0 Å². The van der Waals surface area contributed by atoms with Crippen molar-refractivity contribution in [3.63, 3.8) is 0 Å². The van der Waals surface area contributed by atoms with Crippen LogP contribution in [-0.4, -0.2) is 25.0 Å². The lowest BCUT2D eigenvalue weighted by molar-refractivity contribution is 0.0914. The molecule has 1 aromatic carbocycles. The molecular formula is C15H23ClN2O. The Kier molecular flexibility index (Phi) is 5.83. The second-order valence-corrected chi connectivity index (χ2v) is 5.37. The molecule has 2 unspecified atom stereocenters. The Morgan fingerprint density at radius 3 is 2.74 bits per heavy atom. The molecule has 106 valence electrons. The van der Waals surface area contributed by atoms with Crippen molar-refractivity contribution in [3.8, 4) is 0 Å². The molecule has 1 saturated heterocycles. The summed E-state index contributed by atoms with van der Waals surface area (Å²) < 4.78 is 0. The summed E-state index contributed by atoms with van der Waals surface area (Å²) in [5, 5.41) is 6.47. The molecule has 1 aromatic rings. The van der Waals surface area contributed by atoms with Gasteiger partial charge in [-0.3, -0.25) is 4.79 Å². The Morgan fingerprint density at radius 1 is 1.37 bits per heavy atom. The van der Waals surface area contributed by atoms with Crippen LogP contribution in [0.25, 0.3) is 0 Å². The van der Waals surface area contributed by atoms with Crippen molar-refractivity contribution >= 4 is 18.3 Å². The van der Waals surface area contributed by atoms with Gasteiger partial charge in [0.1, 0.15) is 0 Å². The van der Waals surface area contributed by atoms with Crippen LogP contribution in [0, 0.1) is 19.8 Å². The number of hydrogen-bond donors (Lipinski definition) is 2. The number of nitrogens with one attached hydrogen (secondary N) is 2. The highest BCUT2D eigenvalue weighted by Crippen LogP contribution is 2.14. The maximum atomic E-state index is 12.3. The van der Waals surface area contributed by atoms with E-state index in [2.05, 4.69) is 23.6 Å². The van der Waals surface area contributed by atoms with E-state index in [4.69, 9.17) is 0 Å². The Balaban J connectivity index is 0.00000180. The number of aryl methyl sites for hydroxylation is 2. The SMILES string of the molecule is Cc1ccc(C(=O)NC2CNCCC2C)c(C)c1.Cl. The van der Waals surface area contributed by atoms with E-state index in [1.807, 2.05) is 26.0 Å². The molecule has 1 fully saturated rings. The summed E-state index contributed by atoms with van der Waals surface area (Å²) in [6, 6.07) is 6.20. The average Bonchev–Trinajstić information content (AvgIpc) is 2.32. The second kappa shape index (κ2) is 6.92. The first kappa shape index (κ1) is 16.0. The van der Waals surface area contributed by atoms with Gasteiger partial charge in [0.25, 0.3) is 5.91 Å². The van der Waals surface area contributed by atoms with E-state index >= 15 is 0 Å². The fourth-order valence-corrected chi connectivity index (χ4v) is 2.50. The molecule has 0 saturated carbocycles. The summed E-state index contributed by atoms with van der Waals surface area (Å²) in [5.74, 6) is 0.592. The van der Waals surface area contributed by atoms with E-state index < -0.39 is 0 Å². The van der Waals surface area contributed by atoms with E-state index in [0.717, 1.165) is 30.6 Å². The zero-order valence-electron chi connectivity index (χ0n) is 11.8. The normalized spacial score (nSPS) is 22.5. The lowest BCUT2D eigenvalue weighted by Crippen LogP contribution is -2.50. The number of halogens is 1. The van der Waals surface area contributed by atoms with Crippen LogP contribution in [-0.2, 0) is 0 Å². The first-order valence-corrected chi connectivity index (χ1v) is 6.67. The minimum absolute atomic E-state index is 0. The maximum Gasteiger partial charge on any atom is 0.251 e. The fraction of sp³-hybridized carbons (Fsp3) is 0.533. The minimum atomic E-state index is 0. The standard InChI is InChI=1S/C15H22N2O.ClH/c1-10-4-5-13(12(3)8-10)15(18)17-14-9-16-7-6-11(14)2;/h4-5,8,11,14,16H,6-7,9H2,1-3H3,(H,17,18);1H. The smallest absolute Gasteiger partial charge is 0.251 e. The molecule has 0 aromatic heterocycles. The molecule has 2 atom stereocenters. The third-order valence-corrected chi connectivity index (χ3v) is 3.77. The average molecular weight is 283 g/mol. The number of carbonyl (C=O) groups is 1. The molecular weight excluding hydrogens is 260 g/mol. The van der Waals surface area contributed by atoms with E-state index in [0.29, 0.717) is 5.92 Å². The monoisotopic (exact) mass is 282 g/mol. The van der Waals surface area contributed by atoms with Crippen molar-refractivity contribution < 1.29 is 4.79 Å². The summed E-state index contributed by atoms with van der Waals surface area (Å²) >= 11 is 0. The Hall–Kier alpha value is -1.06.